The Bertz CT molecular complexity index is 861. The van der Waals surface area contributed by atoms with Gasteiger partial charge < -0.3 is 10.6 Å². The molecule has 1 aromatic heterocycles. The summed E-state index contributed by atoms with van der Waals surface area (Å²) in [4.78, 5) is 12.2. The molecule has 0 radical (unpaired) electrons. The lowest BCUT2D eigenvalue weighted by atomic mass is 10.1. The highest BCUT2D eigenvalue weighted by Crippen LogP contribution is 2.40. The Labute approximate surface area is 153 Å². The Morgan fingerprint density at radius 1 is 1.04 bits per heavy atom. The van der Waals surface area contributed by atoms with Crippen molar-refractivity contribution in [2.45, 2.75) is 31.5 Å². The Morgan fingerprint density at radius 3 is 2.58 bits per heavy atom. The van der Waals surface area contributed by atoms with Crippen molar-refractivity contribution >= 4 is 6.03 Å². The lowest BCUT2D eigenvalue weighted by molar-refractivity contribution is 0.240. The molecule has 1 heterocycles. The fourth-order valence-electron chi connectivity index (χ4n) is 3.27. The molecule has 0 aliphatic heterocycles. The van der Waals surface area contributed by atoms with Gasteiger partial charge in [-0.2, -0.15) is 5.10 Å². The van der Waals surface area contributed by atoms with Gasteiger partial charge in [-0.15, -0.1) is 0 Å². The topological polar surface area (TPSA) is 59.0 Å². The van der Waals surface area contributed by atoms with Gasteiger partial charge in [0.15, 0.2) is 0 Å². The summed E-state index contributed by atoms with van der Waals surface area (Å²) < 4.78 is 1.88. The minimum atomic E-state index is -0.109. The molecule has 5 heteroatoms. The smallest absolute Gasteiger partial charge is 0.315 e. The van der Waals surface area contributed by atoms with Crippen molar-refractivity contribution in [3.63, 3.8) is 0 Å². The fourth-order valence-corrected chi connectivity index (χ4v) is 3.27. The van der Waals surface area contributed by atoms with Crippen LogP contribution < -0.4 is 10.6 Å². The number of amides is 2. The monoisotopic (exact) mass is 346 g/mol. The van der Waals surface area contributed by atoms with Crippen LogP contribution in [0.5, 0.6) is 0 Å². The SMILES string of the molecule is O=C(NCc1ccccc1Cn1cccn1)N[C@H]1C[C@@H]1c1ccccc1. The maximum absolute atomic E-state index is 12.2. The standard InChI is InChI=1S/C21H22N4O/c26-21(24-20-13-19(20)16-7-2-1-3-8-16)22-14-17-9-4-5-10-18(17)15-25-12-6-11-23-25/h1-12,19-20H,13-15H2,(H2,22,24,26)/t19-,20+/m1/s1. The van der Waals surface area contributed by atoms with Crippen LogP contribution in [0.4, 0.5) is 4.79 Å². The maximum atomic E-state index is 12.2. The fraction of sp³-hybridized carbons (Fsp3) is 0.238. The molecule has 0 bridgehead atoms. The molecule has 4 rings (SSSR count). The molecule has 2 aromatic carbocycles. The van der Waals surface area contributed by atoms with E-state index in [1.54, 1.807) is 6.20 Å². The zero-order chi connectivity index (χ0) is 17.8. The summed E-state index contributed by atoms with van der Waals surface area (Å²) in [6.07, 6.45) is 4.72. The molecule has 2 N–H and O–H groups in total. The quantitative estimate of drug-likeness (QED) is 0.719. The number of hydrogen-bond acceptors (Lipinski definition) is 2. The number of aromatic nitrogens is 2. The highest BCUT2D eigenvalue weighted by Gasteiger charge is 2.39. The van der Waals surface area contributed by atoms with Crippen LogP contribution in [0, 0.1) is 0 Å². The van der Waals surface area contributed by atoms with Crippen molar-refractivity contribution in [2.24, 2.45) is 0 Å². The summed E-state index contributed by atoms with van der Waals surface area (Å²) in [6, 6.07) is 20.5. The molecule has 1 aliphatic rings. The van der Waals surface area contributed by atoms with Gasteiger partial charge in [-0.3, -0.25) is 4.68 Å². The van der Waals surface area contributed by atoms with E-state index < -0.39 is 0 Å². The lowest BCUT2D eigenvalue weighted by Gasteiger charge is -2.12. The third kappa shape index (κ3) is 3.94. The van der Waals surface area contributed by atoms with E-state index in [0.717, 1.165) is 17.5 Å². The highest BCUT2D eigenvalue weighted by molar-refractivity contribution is 5.75. The molecule has 1 saturated carbocycles. The molecule has 0 unspecified atom stereocenters. The van der Waals surface area contributed by atoms with Crippen molar-refractivity contribution in [1.82, 2.24) is 20.4 Å². The summed E-state index contributed by atoms with van der Waals surface area (Å²) in [6.45, 7) is 1.21. The number of carbonyl (C=O) groups excluding carboxylic acids is 1. The van der Waals surface area contributed by atoms with Gasteiger partial charge in [-0.05, 0) is 29.2 Å². The summed E-state index contributed by atoms with van der Waals surface area (Å²) >= 11 is 0. The minimum absolute atomic E-state index is 0.109. The first-order valence-corrected chi connectivity index (χ1v) is 8.93. The third-order valence-electron chi connectivity index (χ3n) is 4.78. The van der Waals surface area contributed by atoms with E-state index >= 15 is 0 Å². The van der Waals surface area contributed by atoms with Crippen LogP contribution in [0.25, 0.3) is 0 Å². The van der Waals surface area contributed by atoms with Gasteiger partial charge in [0.1, 0.15) is 0 Å². The summed E-state index contributed by atoms with van der Waals surface area (Å²) in [5.41, 5.74) is 3.56. The van der Waals surface area contributed by atoms with Gasteiger partial charge in [0.25, 0.3) is 0 Å². The molecule has 5 nitrogen and oxygen atoms in total. The average Bonchev–Trinajstić information content (AvgIpc) is 3.24. The first-order chi connectivity index (χ1) is 12.8. The van der Waals surface area contributed by atoms with E-state index in [9.17, 15) is 4.79 Å². The second-order valence-corrected chi connectivity index (χ2v) is 6.66. The number of nitrogens with one attached hydrogen (secondary N) is 2. The molecule has 2 atom stereocenters. The number of hydrogen-bond donors (Lipinski definition) is 2. The van der Waals surface area contributed by atoms with Crippen molar-refractivity contribution in [3.05, 3.63) is 89.7 Å². The van der Waals surface area contributed by atoms with E-state index in [1.165, 1.54) is 5.56 Å². The molecule has 1 fully saturated rings. The van der Waals surface area contributed by atoms with E-state index in [2.05, 4.69) is 33.9 Å². The predicted molar refractivity (Wildman–Crippen MR) is 101 cm³/mol. The highest BCUT2D eigenvalue weighted by atomic mass is 16.2. The Morgan fingerprint density at radius 2 is 1.81 bits per heavy atom. The van der Waals surface area contributed by atoms with Crippen LogP contribution in [-0.2, 0) is 13.1 Å². The van der Waals surface area contributed by atoms with Crippen molar-refractivity contribution in [2.75, 3.05) is 0 Å². The van der Waals surface area contributed by atoms with E-state index in [1.807, 2.05) is 53.3 Å². The number of carbonyl (C=O) groups is 1. The molecule has 2 amide bonds. The van der Waals surface area contributed by atoms with E-state index in [-0.39, 0.29) is 12.1 Å². The Kier molecular flexibility index (Phi) is 4.69. The number of urea groups is 1. The second-order valence-electron chi connectivity index (χ2n) is 6.66. The first-order valence-electron chi connectivity index (χ1n) is 8.93. The van der Waals surface area contributed by atoms with E-state index in [4.69, 9.17) is 0 Å². The Hall–Kier alpha value is -3.08. The van der Waals surface area contributed by atoms with Crippen LogP contribution in [0.2, 0.25) is 0 Å². The van der Waals surface area contributed by atoms with Crippen LogP contribution in [0.15, 0.2) is 73.1 Å². The van der Waals surface area contributed by atoms with Gasteiger partial charge in [-0.1, -0.05) is 54.6 Å². The van der Waals surface area contributed by atoms with Crippen molar-refractivity contribution in [3.8, 4) is 0 Å². The zero-order valence-corrected chi connectivity index (χ0v) is 14.5. The van der Waals surface area contributed by atoms with Crippen LogP contribution in [0.3, 0.4) is 0 Å². The van der Waals surface area contributed by atoms with Crippen LogP contribution >= 0.6 is 0 Å². The molecule has 0 spiro atoms. The Balaban J connectivity index is 1.30. The number of benzene rings is 2. The number of nitrogens with zero attached hydrogens (tertiary/aromatic N) is 2. The van der Waals surface area contributed by atoms with Crippen molar-refractivity contribution in [1.29, 1.82) is 0 Å². The van der Waals surface area contributed by atoms with Crippen LogP contribution in [-0.4, -0.2) is 21.9 Å². The first kappa shape index (κ1) is 16.4. The second kappa shape index (κ2) is 7.44. The third-order valence-corrected chi connectivity index (χ3v) is 4.78. The minimum Gasteiger partial charge on any atom is -0.335 e. The molecular weight excluding hydrogens is 324 g/mol. The molecule has 132 valence electrons. The van der Waals surface area contributed by atoms with Gasteiger partial charge in [-0.25, -0.2) is 4.79 Å². The zero-order valence-electron chi connectivity index (χ0n) is 14.5. The van der Waals surface area contributed by atoms with Crippen LogP contribution in [0.1, 0.15) is 29.0 Å². The molecule has 1 aliphatic carbocycles. The van der Waals surface area contributed by atoms with Gasteiger partial charge in [0, 0.05) is 30.9 Å². The number of rotatable bonds is 6. The molecule has 26 heavy (non-hydrogen) atoms. The summed E-state index contributed by atoms with van der Waals surface area (Å²) in [7, 11) is 0. The molecular formula is C21H22N4O. The predicted octanol–water partition coefficient (Wildman–Crippen LogP) is 3.29. The van der Waals surface area contributed by atoms with Gasteiger partial charge in [0.2, 0.25) is 0 Å². The van der Waals surface area contributed by atoms with E-state index in [0.29, 0.717) is 19.0 Å². The summed E-state index contributed by atoms with van der Waals surface area (Å²) in [5.74, 6) is 0.439. The van der Waals surface area contributed by atoms with Gasteiger partial charge in [0.05, 0.1) is 6.54 Å². The lowest BCUT2D eigenvalue weighted by Crippen LogP contribution is -2.37. The normalized spacial score (nSPS) is 18.3. The summed E-state index contributed by atoms with van der Waals surface area (Å²) in [5, 5.41) is 10.3. The molecule has 0 saturated heterocycles. The van der Waals surface area contributed by atoms with Crippen molar-refractivity contribution < 1.29 is 4.79 Å². The van der Waals surface area contributed by atoms with Gasteiger partial charge >= 0.3 is 6.03 Å². The molecule has 3 aromatic rings. The largest absolute Gasteiger partial charge is 0.335 e. The maximum Gasteiger partial charge on any atom is 0.315 e. The average molecular weight is 346 g/mol.